The maximum Gasteiger partial charge on any atom is 0.143 e. The highest BCUT2D eigenvalue weighted by molar-refractivity contribution is 6.30. The number of hydrogen-bond donors (Lipinski definition) is 2. The number of aromatic nitrogens is 1. The molecule has 1 aromatic heterocycles. The molecule has 3 rings (SSSR count). The molecule has 6 heteroatoms. The quantitative estimate of drug-likeness (QED) is 0.672. The van der Waals surface area contributed by atoms with Gasteiger partial charge in [0, 0.05) is 16.6 Å². The maximum atomic E-state index is 9.77. The topological polar surface area (TPSA) is 78.1 Å². The zero-order valence-corrected chi connectivity index (χ0v) is 11.5. The fraction of sp³-hybridized carbons (Fsp3) is 0. The SMILES string of the molecule is Oc1ccc(Cl)cc1N=Nc1ccc(O)c2ncccc12. The van der Waals surface area contributed by atoms with E-state index < -0.39 is 0 Å². The maximum absolute atomic E-state index is 9.77. The summed E-state index contributed by atoms with van der Waals surface area (Å²) in [4.78, 5) is 4.11. The molecule has 0 aliphatic rings. The lowest BCUT2D eigenvalue weighted by Crippen LogP contribution is -1.79. The van der Waals surface area contributed by atoms with Gasteiger partial charge >= 0.3 is 0 Å². The molecular weight excluding hydrogens is 290 g/mol. The summed E-state index contributed by atoms with van der Waals surface area (Å²) in [6.07, 6.45) is 1.59. The van der Waals surface area contributed by atoms with Crippen LogP contribution in [0.25, 0.3) is 10.9 Å². The zero-order chi connectivity index (χ0) is 14.8. The highest BCUT2D eigenvalue weighted by Crippen LogP contribution is 2.34. The molecule has 0 saturated carbocycles. The Morgan fingerprint density at radius 3 is 2.52 bits per heavy atom. The van der Waals surface area contributed by atoms with Crippen LogP contribution in [0.2, 0.25) is 5.02 Å². The molecule has 2 aromatic carbocycles. The lowest BCUT2D eigenvalue weighted by molar-refractivity contribution is 0.476. The minimum absolute atomic E-state index is 0.00985. The van der Waals surface area contributed by atoms with Gasteiger partial charge in [-0.15, -0.1) is 10.2 Å². The van der Waals surface area contributed by atoms with E-state index in [0.29, 0.717) is 21.6 Å². The van der Waals surface area contributed by atoms with Crippen molar-refractivity contribution in [2.45, 2.75) is 0 Å². The largest absolute Gasteiger partial charge is 0.506 e. The van der Waals surface area contributed by atoms with E-state index in [1.165, 1.54) is 18.2 Å². The predicted molar refractivity (Wildman–Crippen MR) is 80.7 cm³/mol. The molecule has 0 spiro atoms. The van der Waals surface area contributed by atoms with E-state index in [4.69, 9.17) is 11.6 Å². The number of azo groups is 1. The van der Waals surface area contributed by atoms with E-state index in [-0.39, 0.29) is 17.2 Å². The van der Waals surface area contributed by atoms with Crippen LogP contribution in [-0.4, -0.2) is 15.2 Å². The summed E-state index contributed by atoms with van der Waals surface area (Å²) in [5.74, 6) is 0.0690. The van der Waals surface area contributed by atoms with Crippen LogP contribution in [0.3, 0.4) is 0 Å². The van der Waals surface area contributed by atoms with Gasteiger partial charge in [0.1, 0.15) is 22.7 Å². The van der Waals surface area contributed by atoms with Crippen LogP contribution in [0.5, 0.6) is 11.5 Å². The molecular formula is C15H10ClN3O2. The Morgan fingerprint density at radius 2 is 1.67 bits per heavy atom. The van der Waals surface area contributed by atoms with Crippen molar-refractivity contribution in [3.05, 3.63) is 53.7 Å². The molecule has 0 radical (unpaired) electrons. The molecule has 0 atom stereocenters. The minimum atomic E-state index is -0.00985. The molecule has 0 bridgehead atoms. The first-order valence-electron chi connectivity index (χ1n) is 6.12. The van der Waals surface area contributed by atoms with Crippen LogP contribution in [0.4, 0.5) is 11.4 Å². The molecule has 0 amide bonds. The Morgan fingerprint density at radius 1 is 0.905 bits per heavy atom. The Labute approximate surface area is 125 Å². The lowest BCUT2D eigenvalue weighted by atomic mass is 10.2. The summed E-state index contributed by atoms with van der Waals surface area (Å²) in [7, 11) is 0. The van der Waals surface area contributed by atoms with Gasteiger partial charge in [-0.2, -0.15) is 0 Å². The first-order valence-corrected chi connectivity index (χ1v) is 6.50. The van der Waals surface area contributed by atoms with Crippen molar-refractivity contribution in [3.8, 4) is 11.5 Å². The fourth-order valence-corrected chi connectivity index (χ4v) is 2.08. The molecule has 0 aliphatic carbocycles. The second kappa shape index (κ2) is 5.38. The van der Waals surface area contributed by atoms with E-state index in [9.17, 15) is 10.2 Å². The Bertz CT molecular complexity index is 849. The van der Waals surface area contributed by atoms with E-state index in [1.54, 1.807) is 30.5 Å². The van der Waals surface area contributed by atoms with Crippen LogP contribution in [-0.2, 0) is 0 Å². The molecule has 21 heavy (non-hydrogen) atoms. The zero-order valence-electron chi connectivity index (χ0n) is 10.7. The fourth-order valence-electron chi connectivity index (χ4n) is 1.91. The summed E-state index contributed by atoms with van der Waals surface area (Å²) >= 11 is 5.86. The van der Waals surface area contributed by atoms with Gasteiger partial charge < -0.3 is 10.2 Å². The van der Waals surface area contributed by atoms with Gasteiger partial charge in [-0.1, -0.05) is 11.6 Å². The monoisotopic (exact) mass is 299 g/mol. The van der Waals surface area contributed by atoms with E-state index in [0.717, 1.165) is 0 Å². The molecule has 104 valence electrons. The molecule has 0 unspecified atom stereocenters. The molecule has 1 heterocycles. The number of benzene rings is 2. The van der Waals surface area contributed by atoms with Crippen LogP contribution >= 0.6 is 11.6 Å². The first-order chi connectivity index (χ1) is 10.1. The molecule has 5 nitrogen and oxygen atoms in total. The second-order valence-electron chi connectivity index (χ2n) is 4.34. The van der Waals surface area contributed by atoms with Crippen LogP contribution in [0, 0.1) is 0 Å². The number of pyridine rings is 1. The van der Waals surface area contributed by atoms with Crippen molar-refractivity contribution in [2.75, 3.05) is 0 Å². The standard InChI is InChI=1S/C15H10ClN3O2/c16-9-3-5-13(20)12(8-9)19-18-11-4-6-14(21)15-10(11)2-1-7-17-15/h1-8,20-21H. The average Bonchev–Trinajstić information content (AvgIpc) is 2.50. The molecule has 0 fully saturated rings. The Balaban J connectivity index is 2.08. The van der Waals surface area contributed by atoms with Crippen molar-refractivity contribution in [1.29, 1.82) is 0 Å². The van der Waals surface area contributed by atoms with E-state index in [1.807, 2.05) is 0 Å². The Hall–Kier alpha value is -2.66. The molecule has 0 saturated heterocycles. The number of halogens is 1. The van der Waals surface area contributed by atoms with Crippen molar-refractivity contribution in [3.63, 3.8) is 0 Å². The number of hydrogen-bond acceptors (Lipinski definition) is 5. The summed E-state index contributed by atoms with van der Waals surface area (Å²) < 4.78 is 0. The number of phenolic OH excluding ortho intramolecular Hbond substituents is 2. The van der Waals surface area contributed by atoms with Gasteiger partial charge in [0.2, 0.25) is 0 Å². The van der Waals surface area contributed by atoms with Crippen molar-refractivity contribution in [2.24, 2.45) is 10.2 Å². The van der Waals surface area contributed by atoms with E-state index in [2.05, 4.69) is 15.2 Å². The predicted octanol–water partition coefficient (Wildman–Crippen LogP) is 4.71. The van der Waals surface area contributed by atoms with E-state index >= 15 is 0 Å². The summed E-state index contributed by atoms with van der Waals surface area (Å²) in [5, 5.41) is 28.7. The summed E-state index contributed by atoms with van der Waals surface area (Å²) in [6.45, 7) is 0. The van der Waals surface area contributed by atoms with Crippen molar-refractivity contribution >= 4 is 33.9 Å². The number of rotatable bonds is 2. The van der Waals surface area contributed by atoms with Crippen LogP contribution < -0.4 is 0 Å². The third-order valence-corrected chi connectivity index (χ3v) is 3.16. The van der Waals surface area contributed by atoms with Gasteiger partial charge in [-0.3, -0.25) is 4.98 Å². The highest BCUT2D eigenvalue weighted by atomic mass is 35.5. The molecule has 3 aromatic rings. The van der Waals surface area contributed by atoms with Crippen molar-refractivity contribution in [1.82, 2.24) is 4.98 Å². The number of phenols is 2. The molecule has 0 aliphatic heterocycles. The lowest BCUT2D eigenvalue weighted by Gasteiger charge is -2.03. The van der Waals surface area contributed by atoms with Gasteiger partial charge in [-0.25, -0.2) is 0 Å². The third kappa shape index (κ3) is 2.64. The van der Waals surface area contributed by atoms with Crippen LogP contribution in [0.1, 0.15) is 0 Å². The van der Waals surface area contributed by atoms with Gasteiger partial charge in [0.25, 0.3) is 0 Å². The summed E-state index contributed by atoms with van der Waals surface area (Å²) in [5.41, 5.74) is 1.26. The van der Waals surface area contributed by atoms with Crippen LogP contribution in [0.15, 0.2) is 58.9 Å². The first kappa shape index (κ1) is 13.3. The second-order valence-corrected chi connectivity index (χ2v) is 4.77. The van der Waals surface area contributed by atoms with Gasteiger partial charge in [0.05, 0.1) is 5.69 Å². The van der Waals surface area contributed by atoms with Gasteiger partial charge in [0.15, 0.2) is 0 Å². The normalized spacial score (nSPS) is 11.3. The molecule has 2 N–H and O–H groups in total. The number of aromatic hydroxyl groups is 2. The number of fused-ring (bicyclic) bond motifs is 1. The summed E-state index contributed by atoms with van der Waals surface area (Å²) in [6, 6.07) is 11.2. The Kier molecular flexibility index (Phi) is 3.41. The van der Waals surface area contributed by atoms with Gasteiger partial charge in [-0.05, 0) is 42.5 Å². The smallest absolute Gasteiger partial charge is 0.143 e. The number of nitrogens with zero attached hydrogens (tertiary/aromatic N) is 3. The highest BCUT2D eigenvalue weighted by Gasteiger charge is 2.06. The average molecular weight is 300 g/mol. The minimum Gasteiger partial charge on any atom is -0.506 e. The third-order valence-electron chi connectivity index (χ3n) is 2.93. The van der Waals surface area contributed by atoms with Crippen molar-refractivity contribution < 1.29 is 10.2 Å².